The highest BCUT2D eigenvalue weighted by molar-refractivity contribution is 7.42. The Hall–Kier alpha value is -3.30. The van der Waals surface area contributed by atoms with Gasteiger partial charge in [-0.25, -0.2) is 14.2 Å². The van der Waals surface area contributed by atoms with E-state index in [1.54, 1.807) is 6.07 Å². The average molecular weight is 481 g/mol. The van der Waals surface area contributed by atoms with E-state index in [9.17, 15) is 28.9 Å². The van der Waals surface area contributed by atoms with Gasteiger partial charge in [0.15, 0.2) is 0 Å². The minimum atomic E-state index is -4.02. The zero-order chi connectivity index (χ0) is 25.3. The normalized spacial score (nSPS) is 15.7. The van der Waals surface area contributed by atoms with E-state index in [0.29, 0.717) is 16.8 Å². The van der Waals surface area contributed by atoms with Crippen LogP contribution in [0.4, 0.5) is 4.39 Å². The van der Waals surface area contributed by atoms with Crippen LogP contribution >= 0.6 is 8.03 Å². The van der Waals surface area contributed by atoms with Gasteiger partial charge >= 0.3 is 5.97 Å². The number of aliphatic hydroxyl groups is 1. The molecule has 0 aliphatic heterocycles. The summed E-state index contributed by atoms with van der Waals surface area (Å²) in [6.45, 7) is 4.77. The quantitative estimate of drug-likeness (QED) is 0.330. The number of carboxylic acid groups (broad SMARTS) is 1. The first-order valence-electron chi connectivity index (χ1n) is 10.5. The van der Waals surface area contributed by atoms with Crippen LogP contribution in [-0.2, 0) is 15.0 Å². The SMILES string of the molecule is C#CC(C(=O)O)([PH](=O)O)C(C)(O)c1c(C(C)C)cc(-c2ccccc2)nc1-c1ccc(F)cc1. The summed E-state index contributed by atoms with van der Waals surface area (Å²) in [6.07, 6.45) is 5.49. The maximum Gasteiger partial charge on any atom is 0.335 e. The third-order valence-corrected chi connectivity index (χ3v) is 7.42. The van der Waals surface area contributed by atoms with Crippen LogP contribution in [0.25, 0.3) is 22.5 Å². The van der Waals surface area contributed by atoms with Gasteiger partial charge in [-0.3, -0.25) is 4.57 Å². The topological polar surface area (TPSA) is 108 Å². The lowest BCUT2D eigenvalue weighted by Gasteiger charge is -2.39. The van der Waals surface area contributed by atoms with Crippen molar-refractivity contribution in [3.63, 3.8) is 0 Å². The van der Waals surface area contributed by atoms with Crippen molar-refractivity contribution < 1.29 is 28.9 Å². The van der Waals surface area contributed by atoms with E-state index in [2.05, 4.69) is 0 Å². The molecule has 0 radical (unpaired) electrons. The number of benzene rings is 2. The van der Waals surface area contributed by atoms with Gasteiger partial charge in [0.1, 0.15) is 11.4 Å². The van der Waals surface area contributed by atoms with Crippen molar-refractivity contribution in [3.05, 3.63) is 77.6 Å². The smallest absolute Gasteiger partial charge is 0.335 e. The lowest BCUT2D eigenvalue weighted by atomic mass is 9.76. The van der Waals surface area contributed by atoms with Gasteiger partial charge in [0.25, 0.3) is 0 Å². The van der Waals surface area contributed by atoms with Gasteiger partial charge in [-0.1, -0.05) is 50.1 Å². The molecule has 0 bridgehead atoms. The van der Waals surface area contributed by atoms with Crippen molar-refractivity contribution in [1.82, 2.24) is 4.98 Å². The number of nitrogens with zero attached hydrogens (tertiary/aromatic N) is 1. The second-order valence-corrected chi connectivity index (χ2v) is 9.79. The van der Waals surface area contributed by atoms with Gasteiger partial charge < -0.3 is 15.1 Å². The molecule has 0 aliphatic rings. The van der Waals surface area contributed by atoms with Crippen molar-refractivity contribution in [2.75, 3.05) is 0 Å². The summed E-state index contributed by atoms with van der Waals surface area (Å²) >= 11 is 0. The van der Waals surface area contributed by atoms with Crippen molar-refractivity contribution in [2.45, 2.75) is 37.4 Å². The Morgan fingerprint density at radius 3 is 2.18 bits per heavy atom. The van der Waals surface area contributed by atoms with Gasteiger partial charge in [-0.2, -0.15) is 0 Å². The van der Waals surface area contributed by atoms with E-state index in [1.807, 2.05) is 50.1 Å². The number of terminal acetylenes is 1. The fraction of sp³-hybridized carbons (Fsp3) is 0.231. The first-order chi connectivity index (χ1) is 16.0. The number of rotatable bonds is 7. The zero-order valence-corrected chi connectivity index (χ0v) is 19.9. The van der Waals surface area contributed by atoms with Crippen molar-refractivity contribution in [2.24, 2.45) is 0 Å². The van der Waals surface area contributed by atoms with Crippen molar-refractivity contribution in [1.29, 1.82) is 0 Å². The van der Waals surface area contributed by atoms with Crippen LogP contribution in [-0.4, -0.2) is 31.2 Å². The molecule has 176 valence electrons. The molecule has 0 aliphatic carbocycles. The van der Waals surface area contributed by atoms with E-state index in [4.69, 9.17) is 11.4 Å². The molecule has 0 spiro atoms. The maximum atomic E-state index is 13.7. The van der Waals surface area contributed by atoms with E-state index >= 15 is 0 Å². The average Bonchev–Trinajstić information content (AvgIpc) is 2.79. The summed E-state index contributed by atoms with van der Waals surface area (Å²) in [4.78, 5) is 27.1. The maximum absolute atomic E-state index is 13.7. The lowest BCUT2D eigenvalue weighted by Crippen LogP contribution is -2.53. The van der Waals surface area contributed by atoms with Crippen LogP contribution in [0.1, 0.15) is 37.8 Å². The molecule has 2 aromatic carbocycles. The second kappa shape index (κ2) is 9.52. The Balaban J connectivity index is 2.51. The molecule has 3 unspecified atom stereocenters. The number of aromatic nitrogens is 1. The zero-order valence-electron chi connectivity index (χ0n) is 18.9. The van der Waals surface area contributed by atoms with Crippen molar-refractivity contribution in [3.8, 4) is 34.9 Å². The molecule has 3 atom stereocenters. The number of aliphatic carboxylic acids is 1. The van der Waals surface area contributed by atoms with Gasteiger partial charge in [0, 0.05) is 16.7 Å². The third kappa shape index (κ3) is 4.17. The van der Waals surface area contributed by atoms with Gasteiger partial charge in [-0.05, 0) is 48.7 Å². The number of hydrogen-bond donors (Lipinski definition) is 3. The van der Waals surface area contributed by atoms with E-state index in [-0.39, 0.29) is 17.2 Å². The number of carboxylic acids is 1. The summed E-state index contributed by atoms with van der Waals surface area (Å²) in [5.41, 5.74) is -0.213. The summed E-state index contributed by atoms with van der Waals surface area (Å²) in [6, 6.07) is 16.2. The molecule has 34 heavy (non-hydrogen) atoms. The Kier molecular flexibility index (Phi) is 7.09. The Labute approximate surface area is 198 Å². The predicted molar refractivity (Wildman–Crippen MR) is 129 cm³/mol. The molecule has 0 saturated carbocycles. The fourth-order valence-corrected chi connectivity index (χ4v) is 4.91. The molecule has 0 saturated heterocycles. The molecule has 1 heterocycles. The first-order valence-corrected chi connectivity index (χ1v) is 11.9. The summed E-state index contributed by atoms with van der Waals surface area (Å²) in [5.74, 6) is -0.671. The largest absolute Gasteiger partial charge is 0.480 e. The Morgan fingerprint density at radius 1 is 1.12 bits per heavy atom. The monoisotopic (exact) mass is 481 g/mol. The predicted octanol–water partition coefficient (Wildman–Crippen LogP) is 4.81. The molecule has 1 aromatic heterocycles. The summed E-state index contributed by atoms with van der Waals surface area (Å²) in [7, 11) is -4.02. The fourth-order valence-electron chi connectivity index (χ4n) is 4.06. The molecule has 0 amide bonds. The number of pyridine rings is 1. The second-order valence-electron chi connectivity index (χ2n) is 8.42. The van der Waals surface area contributed by atoms with Gasteiger partial charge in [-0.15, -0.1) is 6.42 Å². The number of halogens is 1. The Bertz CT molecular complexity index is 1270. The molecule has 8 heteroatoms. The minimum absolute atomic E-state index is 0.00143. The van der Waals surface area contributed by atoms with Crippen LogP contribution < -0.4 is 0 Å². The molecule has 0 fully saturated rings. The first kappa shape index (κ1) is 25.3. The molecule has 6 nitrogen and oxygen atoms in total. The Morgan fingerprint density at radius 2 is 1.71 bits per heavy atom. The van der Waals surface area contributed by atoms with Crippen LogP contribution in [0.15, 0.2) is 60.7 Å². The molecular formula is C26H25FNO5P. The van der Waals surface area contributed by atoms with Gasteiger partial charge in [0.2, 0.25) is 13.2 Å². The van der Waals surface area contributed by atoms with Crippen molar-refractivity contribution >= 4 is 14.0 Å². The molecular weight excluding hydrogens is 456 g/mol. The van der Waals surface area contributed by atoms with E-state index in [1.165, 1.54) is 24.3 Å². The van der Waals surface area contributed by atoms with Crippen LogP contribution in [0, 0.1) is 18.2 Å². The van der Waals surface area contributed by atoms with Crippen LogP contribution in [0.5, 0.6) is 0 Å². The van der Waals surface area contributed by atoms with Crippen LogP contribution in [0.3, 0.4) is 0 Å². The number of carbonyl (C=O) groups is 1. The number of hydrogen-bond acceptors (Lipinski definition) is 4. The van der Waals surface area contributed by atoms with E-state index < -0.39 is 30.6 Å². The molecule has 3 N–H and O–H groups in total. The van der Waals surface area contributed by atoms with Gasteiger partial charge in [0.05, 0.1) is 11.4 Å². The highest BCUT2D eigenvalue weighted by atomic mass is 31.1. The lowest BCUT2D eigenvalue weighted by molar-refractivity contribution is -0.145. The van der Waals surface area contributed by atoms with Crippen LogP contribution in [0.2, 0.25) is 0 Å². The minimum Gasteiger partial charge on any atom is -0.480 e. The molecule has 3 rings (SSSR count). The van der Waals surface area contributed by atoms with E-state index in [0.717, 1.165) is 12.5 Å². The molecule has 3 aromatic rings. The third-order valence-electron chi connectivity index (χ3n) is 5.93. The highest BCUT2D eigenvalue weighted by Crippen LogP contribution is 2.52. The summed E-state index contributed by atoms with van der Waals surface area (Å²) < 4.78 is 26.1. The highest BCUT2D eigenvalue weighted by Gasteiger charge is 2.59. The summed E-state index contributed by atoms with van der Waals surface area (Å²) in [5, 5.41) is 18.9. The standard InChI is InChI=1S/C26H25FNO5P/c1-5-26(24(29)30,34(32)33)25(4,31)22-20(16(2)3)15-21(17-9-7-6-8-10-17)28-23(22)18-11-13-19(27)14-12-18/h1,6-16,31,34H,2-4H3,(H,29,30)(H,32,33).